The van der Waals surface area contributed by atoms with Gasteiger partial charge in [-0.15, -0.1) is 0 Å². The van der Waals surface area contributed by atoms with Gasteiger partial charge in [0.15, 0.2) is 6.21 Å². The van der Waals surface area contributed by atoms with E-state index in [-0.39, 0.29) is 17.0 Å². The topological polar surface area (TPSA) is 89.4 Å². The lowest BCUT2D eigenvalue weighted by Gasteiger charge is -2.03. The molecule has 19 heavy (non-hydrogen) atoms. The van der Waals surface area contributed by atoms with E-state index in [4.69, 9.17) is 0 Å². The number of nitro groups is 1. The second kappa shape index (κ2) is 5.18. The maximum atomic E-state index is 11.8. The fourth-order valence-corrected chi connectivity index (χ4v) is 1.53. The molecule has 0 bridgehead atoms. The zero-order chi connectivity index (χ0) is 13.8. The van der Waals surface area contributed by atoms with Crippen LogP contribution in [0.15, 0.2) is 48.5 Å². The first-order valence-corrected chi connectivity index (χ1v) is 5.41. The number of phenols is 1. The maximum absolute atomic E-state index is 11.8. The van der Waals surface area contributed by atoms with Gasteiger partial charge < -0.3 is 10.3 Å². The summed E-state index contributed by atoms with van der Waals surface area (Å²) in [5, 5.41) is 32.0. The Balaban J connectivity index is 2.36. The van der Waals surface area contributed by atoms with Gasteiger partial charge in [-0.3, -0.25) is 10.1 Å². The van der Waals surface area contributed by atoms with Gasteiger partial charge in [0, 0.05) is 18.2 Å². The monoisotopic (exact) mass is 258 g/mol. The molecule has 0 aromatic heterocycles. The SMILES string of the molecule is O=[N+]([O-])c1ccc(C=[N+]([O-])c2ccccc2)c(O)c1. The van der Waals surface area contributed by atoms with Crippen molar-refractivity contribution in [1.29, 1.82) is 0 Å². The van der Waals surface area contributed by atoms with Crippen LogP contribution in [-0.4, -0.2) is 21.0 Å². The van der Waals surface area contributed by atoms with Gasteiger partial charge in [-0.05, 0) is 6.07 Å². The van der Waals surface area contributed by atoms with Crippen LogP contribution in [-0.2, 0) is 0 Å². The first-order valence-electron chi connectivity index (χ1n) is 5.41. The molecular formula is C13H10N2O4. The molecule has 1 N–H and O–H groups in total. The van der Waals surface area contributed by atoms with Crippen molar-refractivity contribution in [2.75, 3.05) is 0 Å². The summed E-state index contributed by atoms with van der Waals surface area (Å²) in [6.07, 6.45) is 1.16. The van der Waals surface area contributed by atoms with Crippen molar-refractivity contribution in [1.82, 2.24) is 0 Å². The van der Waals surface area contributed by atoms with E-state index in [9.17, 15) is 20.4 Å². The molecule has 0 spiro atoms. The third-order valence-electron chi connectivity index (χ3n) is 2.49. The van der Waals surface area contributed by atoms with Gasteiger partial charge in [0.2, 0.25) is 5.69 Å². The molecule has 2 aromatic carbocycles. The molecule has 0 aliphatic rings. The zero-order valence-electron chi connectivity index (χ0n) is 9.76. The first-order chi connectivity index (χ1) is 9.08. The van der Waals surface area contributed by atoms with Crippen molar-refractivity contribution < 1.29 is 14.8 Å². The summed E-state index contributed by atoms with van der Waals surface area (Å²) in [6.45, 7) is 0. The van der Waals surface area contributed by atoms with E-state index in [1.54, 1.807) is 30.3 Å². The molecule has 0 unspecified atom stereocenters. The van der Waals surface area contributed by atoms with E-state index in [2.05, 4.69) is 0 Å². The zero-order valence-corrected chi connectivity index (χ0v) is 9.76. The summed E-state index contributed by atoms with van der Waals surface area (Å²) in [5.74, 6) is -0.314. The van der Waals surface area contributed by atoms with Gasteiger partial charge in [-0.25, -0.2) is 0 Å². The van der Waals surface area contributed by atoms with Gasteiger partial charge >= 0.3 is 0 Å². The molecule has 0 saturated heterocycles. The Hall–Kier alpha value is -2.89. The van der Waals surface area contributed by atoms with Crippen molar-refractivity contribution in [3.63, 3.8) is 0 Å². The molecular weight excluding hydrogens is 248 g/mol. The number of hydrogen-bond donors (Lipinski definition) is 1. The number of nitro benzene ring substituents is 1. The Kier molecular flexibility index (Phi) is 3.42. The summed E-state index contributed by atoms with van der Waals surface area (Å²) in [6, 6.07) is 12.0. The largest absolute Gasteiger partial charge is 0.618 e. The van der Waals surface area contributed by atoms with Crippen LogP contribution in [0.3, 0.4) is 0 Å². The molecule has 0 atom stereocenters. The van der Waals surface area contributed by atoms with Crippen molar-refractivity contribution in [3.05, 3.63) is 69.4 Å². The number of non-ortho nitro benzene ring substituents is 1. The second-order valence-corrected chi connectivity index (χ2v) is 3.79. The fraction of sp³-hybridized carbons (Fsp3) is 0. The first kappa shape index (κ1) is 12.6. The van der Waals surface area contributed by atoms with Crippen LogP contribution in [0.4, 0.5) is 11.4 Å². The van der Waals surface area contributed by atoms with Crippen LogP contribution in [0.1, 0.15) is 5.56 Å². The third kappa shape index (κ3) is 2.86. The van der Waals surface area contributed by atoms with E-state index < -0.39 is 4.92 Å². The molecule has 0 radical (unpaired) electrons. The molecule has 6 nitrogen and oxygen atoms in total. The highest BCUT2D eigenvalue weighted by Crippen LogP contribution is 2.22. The molecule has 6 heteroatoms. The Morgan fingerprint density at radius 3 is 2.26 bits per heavy atom. The van der Waals surface area contributed by atoms with Gasteiger partial charge in [0.25, 0.3) is 5.69 Å². The third-order valence-corrected chi connectivity index (χ3v) is 2.49. The van der Waals surface area contributed by atoms with Gasteiger partial charge in [0.05, 0.1) is 16.6 Å². The molecule has 0 saturated carbocycles. The van der Waals surface area contributed by atoms with E-state index in [1.807, 2.05) is 0 Å². The molecule has 2 aromatic rings. The molecule has 0 aliphatic heterocycles. The number of rotatable bonds is 3. The minimum Gasteiger partial charge on any atom is -0.618 e. The number of phenolic OH excluding ortho intramolecular Hbond substituents is 1. The van der Waals surface area contributed by atoms with Crippen LogP contribution < -0.4 is 0 Å². The number of para-hydroxylation sites is 1. The van der Waals surface area contributed by atoms with Gasteiger partial charge in [-0.2, -0.15) is 4.74 Å². The average molecular weight is 258 g/mol. The lowest BCUT2D eigenvalue weighted by molar-refractivity contribution is -0.384. The molecule has 2 rings (SSSR count). The highest BCUT2D eigenvalue weighted by molar-refractivity contribution is 5.81. The fourth-order valence-electron chi connectivity index (χ4n) is 1.53. The summed E-state index contributed by atoms with van der Waals surface area (Å²) in [5.41, 5.74) is 0.386. The number of aromatic hydroxyl groups is 1. The van der Waals surface area contributed by atoms with Crippen LogP contribution in [0.25, 0.3) is 0 Å². The standard InChI is InChI=1S/C13H10N2O4/c16-13-8-12(15(18)19)7-6-10(13)9-14(17)11-4-2-1-3-5-11/h1-9,16H. The highest BCUT2D eigenvalue weighted by Gasteiger charge is 2.11. The van der Waals surface area contributed by atoms with Crippen molar-refractivity contribution in [2.24, 2.45) is 0 Å². The summed E-state index contributed by atoms with van der Waals surface area (Å²) in [4.78, 5) is 9.90. The predicted octanol–water partition coefficient (Wildman–Crippen LogP) is 2.56. The van der Waals surface area contributed by atoms with E-state index in [0.29, 0.717) is 10.4 Å². The number of benzene rings is 2. The average Bonchev–Trinajstić information content (AvgIpc) is 2.41. The van der Waals surface area contributed by atoms with Crippen LogP contribution in [0.2, 0.25) is 0 Å². The maximum Gasteiger partial charge on any atom is 0.273 e. The molecule has 0 amide bonds. The number of hydrogen-bond acceptors (Lipinski definition) is 4. The number of nitrogens with zero attached hydrogens (tertiary/aromatic N) is 2. The van der Waals surface area contributed by atoms with E-state index in [0.717, 1.165) is 12.3 Å². The minimum absolute atomic E-state index is 0.212. The van der Waals surface area contributed by atoms with Crippen molar-refractivity contribution in [3.8, 4) is 5.75 Å². The second-order valence-electron chi connectivity index (χ2n) is 3.79. The minimum atomic E-state index is -0.615. The smallest absolute Gasteiger partial charge is 0.273 e. The molecule has 0 heterocycles. The lowest BCUT2D eigenvalue weighted by Crippen LogP contribution is -1.99. The Labute approximate surface area is 108 Å². The van der Waals surface area contributed by atoms with E-state index >= 15 is 0 Å². The van der Waals surface area contributed by atoms with Crippen molar-refractivity contribution >= 4 is 17.6 Å². The predicted molar refractivity (Wildman–Crippen MR) is 69.7 cm³/mol. The molecule has 0 fully saturated rings. The normalized spacial score (nSPS) is 11.3. The lowest BCUT2D eigenvalue weighted by atomic mass is 10.2. The summed E-state index contributed by atoms with van der Waals surface area (Å²) >= 11 is 0. The summed E-state index contributed by atoms with van der Waals surface area (Å²) in [7, 11) is 0. The summed E-state index contributed by atoms with van der Waals surface area (Å²) < 4.78 is 0.584. The Morgan fingerprint density at radius 2 is 1.68 bits per heavy atom. The van der Waals surface area contributed by atoms with Gasteiger partial charge in [0.1, 0.15) is 5.75 Å². The quantitative estimate of drug-likeness (QED) is 0.301. The Bertz CT molecular complexity index is 638. The van der Waals surface area contributed by atoms with Crippen LogP contribution >= 0.6 is 0 Å². The van der Waals surface area contributed by atoms with Crippen LogP contribution in [0, 0.1) is 15.3 Å². The highest BCUT2D eigenvalue weighted by atomic mass is 16.6. The Morgan fingerprint density at radius 1 is 1.00 bits per heavy atom. The molecule has 96 valence electrons. The van der Waals surface area contributed by atoms with Gasteiger partial charge in [-0.1, -0.05) is 18.2 Å². The van der Waals surface area contributed by atoms with Crippen LogP contribution in [0.5, 0.6) is 5.75 Å². The molecule has 0 aliphatic carbocycles. The van der Waals surface area contributed by atoms with E-state index in [1.165, 1.54) is 12.1 Å². The van der Waals surface area contributed by atoms with Crippen molar-refractivity contribution in [2.45, 2.75) is 0 Å².